The van der Waals surface area contributed by atoms with Crippen LogP contribution < -0.4 is 29.9 Å². The molecule has 0 aliphatic heterocycles. The Bertz CT molecular complexity index is 62.6. The molecule has 0 aromatic heterocycles. The molecule has 3 heteroatoms. The van der Waals surface area contributed by atoms with Gasteiger partial charge in [-0.05, 0) is 13.0 Å². The molecule has 3 N–H and O–H groups in total. The second kappa shape index (κ2) is 14.1. The van der Waals surface area contributed by atoms with E-state index in [1.54, 1.807) is 0 Å². The van der Waals surface area contributed by atoms with Gasteiger partial charge in [0.1, 0.15) is 0 Å². The summed E-state index contributed by atoms with van der Waals surface area (Å²) in [7, 11) is 0. The molecule has 12 heavy (non-hydrogen) atoms. The van der Waals surface area contributed by atoms with E-state index in [9.17, 15) is 0 Å². The minimum absolute atomic E-state index is 0. The van der Waals surface area contributed by atoms with Crippen LogP contribution >= 0.6 is 0 Å². The monoisotopic (exact) mass is 168 g/mol. The van der Waals surface area contributed by atoms with Gasteiger partial charge in [0, 0.05) is 12.1 Å². The first-order chi connectivity index (χ1) is 5.04. The first kappa shape index (κ1) is 18.3. The minimum atomic E-state index is 0. The molecule has 0 heterocycles. The molecule has 0 aromatic rings. The Kier molecular flexibility index (Phi) is 21.5. The van der Waals surface area contributed by atoms with E-state index in [2.05, 4.69) is 39.9 Å². The van der Waals surface area contributed by atoms with Gasteiger partial charge in [0.15, 0.2) is 0 Å². The third-order valence-electron chi connectivity index (χ3n) is 0.955. The number of hydrogen-bond donors (Lipinski definition) is 2. The fraction of sp³-hybridized carbons (Fsp3) is 1.00. The molecule has 0 radical (unpaired) electrons. The molecule has 0 spiro atoms. The van der Waals surface area contributed by atoms with Crippen LogP contribution in [0.25, 0.3) is 0 Å². The van der Waals surface area contributed by atoms with Crippen LogP contribution in [0.15, 0.2) is 0 Å². The molecule has 0 bridgehead atoms. The first-order valence-electron chi connectivity index (χ1n) is 4.50. The first-order valence-corrected chi connectivity index (χ1v) is 4.50. The fourth-order valence-electron chi connectivity index (χ4n) is 0.667. The van der Waals surface area contributed by atoms with Crippen LogP contribution in [0, 0.1) is 0 Å². The molecular weight excluding hydrogens is 143 g/mol. The molecule has 0 saturated carbocycles. The van der Waals surface area contributed by atoms with Crippen LogP contribution in [-0.4, -0.2) is 18.6 Å². The van der Waals surface area contributed by atoms with Gasteiger partial charge in [-0.3, -0.25) is 0 Å². The van der Waals surface area contributed by atoms with Crippen LogP contribution in [0.5, 0.6) is 0 Å². The van der Waals surface area contributed by atoms with Gasteiger partial charge in [-0.2, -0.15) is 0 Å². The Morgan fingerprint density at radius 2 is 1.42 bits per heavy atom. The normalized spacial score (nSPS) is 9.00. The summed E-state index contributed by atoms with van der Waals surface area (Å²) < 4.78 is 0. The second-order valence-corrected chi connectivity index (χ2v) is 3.26. The van der Waals surface area contributed by atoms with Gasteiger partial charge in [-0.1, -0.05) is 34.6 Å². The predicted molar refractivity (Wildman–Crippen MR) is 53.9 cm³/mol. The standard InChI is InChI=1S/C6H15N.C3H9N.Li.H/c1-5(2)7-6(3)4;1-2-3-4;;/h5-7H,1-4H3;2-4H2,1H3;;/q;;+1;-1. The third kappa shape index (κ3) is 31.3. The Morgan fingerprint density at radius 1 is 1.17 bits per heavy atom. The Labute approximate surface area is 91.3 Å². The van der Waals surface area contributed by atoms with Crippen molar-refractivity contribution in [3.63, 3.8) is 0 Å². The average molecular weight is 168 g/mol. The van der Waals surface area contributed by atoms with E-state index in [-0.39, 0.29) is 20.3 Å². The molecule has 0 amide bonds. The third-order valence-corrected chi connectivity index (χ3v) is 0.955. The van der Waals surface area contributed by atoms with Gasteiger partial charge in [-0.15, -0.1) is 0 Å². The number of nitrogens with two attached hydrogens (primary N) is 1. The maximum Gasteiger partial charge on any atom is 1.00 e. The number of rotatable bonds is 3. The van der Waals surface area contributed by atoms with Gasteiger partial charge in [0.25, 0.3) is 0 Å². The molecule has 2 nitrogen and oxygen atoms in total. The predicted octanol–water partition coefficient (Wildman–Crippen LogP) is -1.14. The molecule has 0 aliphatic carbocycles. The SMILES string of the molecule is CC(C)NC(C)C.CCCN.[H-].[Li+]. The largest absolute Gasteiger partial charge is 1.00 e. The van der Waals surface area contributed by atoms with E-state index in [0.29, 0.717) is 12.1 Å². The van der Waals surface area contributed by atoms with Gasteiger partial charge in [0.2, 0.25) is 0 Å². The zero-order chi connectivity index (χ0) is 9.28. The van der Waals surface area contributed by atoms with Crippen molar-refractivity contribution in [2.75, 3.05) is 6.54 Å². The summed E-state index contributed by atoms with van der Waals surface area (Å²) in [5.74, 6) is 0. The van der Waals surface area contributed by atoms with Crippen LogP contribution in [0.4, 0.5) is 0 Å². The van der Waals surface area contributed by atoms with E-state index in [0.717, 1.165) is 13.0 Å². The zero-order valence-electron chi connectivity index (χ0n) is 10.6. The molecule has 72 valence electrons. The van der Waals surface area contributed by atoms with Crippen LogP contribution in [0.2, 0.25) is 0 Å². The van der Waals surface area contributed by atoms with Crippen molar-refractivity contribution in [3.05, 3.63) is 0 Å². The maximum atomic E-state index is 5.03. The quantitative estimate of drug-likeness (QED) is 0.523. The topological polar surface area (TPSA) is 38.0 Å². The summed E-state index contributed by atoms with van der Waals surface area (Å²) in [6, 6.07) is 1.25. The van der Waals surface area contributed by atoms with Crippen molar-refractivity contribution in [2.24, 2.45) is 5.73 Å². The Balaban J connectivity index is -0.0000000600. The Morgan fingerprint density at radius 3 is 1.42 bits per heavy atom. The second-order valence-electron chi connectivity index (χ2n) is 3.26. The molecule has 0 rings (SSSR count). The molecule has 0 unspecified atom stereocenters. The van der Waals surface area contributed by atoms with Gasteiger partial charge >= 0.3 is 18.9 Å². The summed E-state index contributed by atoms with van der Waals surface area (Å²) in [4.78, 5) is 0. The van der Waals surface area contributed by atoms with Crippen molar-refractivity contribution in [1.82, 2.24) is 5.32 Å². The summed E-state index contributed by atoms with van der Waals surface area (Å²) in [6.45, 7) is 11.5. The van der Waals surface area contributed by atoms with Crippen molar-refractivity contribution in [1.29, 1.82) is 0 Å². The zero-order valence-corrected chi connectivity index (χ0v) is 9.65. The molecule has 0 saturated heterocycles. The molecule has 0 aliphatic rings. The minimum Gasteiger partial charge on any atom is -1.00 e. The number of hydrogen-bond acceptors (Lipinski definition) is 2. The van der Waals surface area contributed by atoms with Crippen molar-refractivity contribution in [3.8, 4) is 0 Å². The van der Waals surface area contributed by atoms with E-state index < -0.39 is 0 Å². The van der Waals surface area contributed by atoms with E-state index in [1.807, 2.05) is 0 Å². The van der Waals surface area contributed by atoms with Crippen LogP contribution in [0.1, 0.15) is 42.5 Å². The maximum absolute atomic E-state index is 5.03. The smallest absolute Gasteiger partial charge is 1.00 e. The molecule has 0 atom stereocenters. The number of nitrogens with one attached hydrogen (secondary N) is 1. The summed E-state index contributed by atoms with van der Waals surface area (Å²) in [5.41, 5.74) is 5.03. The van der Waals surface area contributed by atoms with E-state index in [1.165, 1.54) is 0 Å². The molecule has 0 aromatic carbocycles. The van der Waals surface area contributed by atoms with E-state index >= 15 is 0 Å². The van der Waals surface area contributed by atoms with Gasteiger partial charge < -0.3 is 12.5 Å². The van der Waals surface area contributed by atoms with Crippen molar-refractivity contribution in [2.45, 2.75) is 53.1 Å². The molecular formula is C9H25LiN2. The van der Waals surface area contributed by atoms with Crippen molar-refractivity contribution >= 4 is 0 Å². The van der Waals surface area contributed by atoms with Gasteiger partial charge in [-0.25, -0.2) is 0 Å². The summed E-state index contributed by atoms with van der Waals surface area (Å²) in [5, 5.41) is 3.31. The van der Waals surface area contributed by atoms with E-state index in [4.69, 9.17) is 5.73 Å². The molecule has 0 fully saturated rings. The van der Waals surface area contributed by atoms with Gasteiger partial charge in [0.05, 0.1) is 0 Å². The fourth-order valence-corrected chi connectivity index (χ4v) is 0.667. The summed E-state index contributed by atoms with van der Waals surface area (Å²) in [6.07, 6.45) is 1.10. The van der Waals surface area contributed by atoms with Crippen molar-refractivity contribution < 1.29 is 20.3 Å². The van der Waals surface area contributed by atoms with Crippen LogP contribution in [0.3, 0.4) is 0 Å². The summed E-state index contributed by atoms with van der Waals surface area (Å²) >= 11 is 0. The van der Waals surface area contributed by atoms with Crippen LogP contribution in [-0.2, 0) is 0 Å². The Hall–Kier alpha value is 0.517. The average Bonchev–Trinajstić information content (AvgIpc) is 1.85.